The lowest BCUT2D eigenvalue weighted by molar-refractivity contribution is -0.127. The number of nitrogens with one attached hydrogen (secondary N) is 3. The van der Waals surface area contributed by atoms with Gasteiger partial charge in [0.05, 0.1) is 17.7 Å². The Labute approximate surface area is 186 Å². The van der Waals surface area contributed by atoms with E-state index < -0.39 is 0 Å². The summed E-state index contributed by atoms with van der Waals surface area (Å²) in [5, 5.41) is 8.62. The van der Waals surface area contributed by atoms with Crippen LogP contribution in [0.3, 0.4) is 0 Å². The summed E-state index contributed by atoms with van der Waals surface area (Å²) in [6, 6.07) is 0.815. The van der Waals surface area contributed by atoms with E-state index >= 15 is 0 Å². The van der Waals surface area contributed by atoms with E-state index in [0.717, 1.165) is 30.8 Å². The van der Waals surface area contributed by atoms with E-state index in [0.29, 0.717) is 38.1 Å². The zero-order valence-corrected chi connectivity index (χ0v) is 20.4. The third-order valence-electron chi connectivity index (χ3n) is 5.69. The summed E-state index contributed by atoms with van der Waals surface area (Å²) in [5.74, 6) is 2.45. The molecule has 0 saturated carbocycles. The van der Waals surface area contributed by atoms with Gasteiger partial charge in [0.15, 0.2) is 0 Å². The van der Waals surface area contributed by atoms with Crippen molar-refractivity contribution in [1.29, 1.82) is 0 Å². The van der Waals surface area contributed by atoms with Crippen molar-refractivity contribution in [3.05, 3.63) is 0 Å². The first-order valence-electron chi connectivity index (χ1n) is 11.0. The summed E-state index contributed by atoms with van der Waals surface area (Å²) < 4.78 is 5.87. The summed E-state index contributed by atoms with van der Waals surface area (Å²) in [6.45, 7) is 12.8. The molecule has 0 bridgehead atoms. The summed E-state index contributed by atoms with van der Waals surface area (Å²) in [5.41, 5.74) is -0.616. The minimum absolute atomic E-state index is 0.00491. The van der Waals surface area contributed by atoms with Crippen molar-refractivity contribution in [1.82, 2.24) is 16.0 Å². The quantitative estimate of drug-likeness (QED) is 0.426. The summed E-state index contributed by atoms with van der Waals surface area (Å²) in [6.07, 6.45) is 4.06. The van der Waals surface area contributed by atoms with E-state index in [1.54, 1.807) is 6.92 Å². The Morgan fingerprint density at radius 3 is 2.27 bits per heavy atom. The fourth-order valence-electron chi connectivity index (χ4n) is 2.98. The number of carbonyl (C=O) groups is 3. The van der Waals surface area contributed by atoms with Gasteiger partial charge < -0.3 is 20.7 Å². The molecule has 3 N–H and O–H groups in total. The summed E-state index contributed by atoms with van der Waals surface area (Å²) in [7, 11) is 0. The number of amides is 3. The van der Waals surface area contributed by atoms with Crippen molar-refractivity contribution < 1.29 is 19.1 Å². The number of hydrogen-bond donors (Lipinski definition) is 3. The molecule has 7 nitrogen and oxygen atoms in total. The maximum absolute atomic E-state index is 11.5. The Balaban J connectivity index is 0.000000405. The minimum Gasteiger partial charge on any atom is -0.375 e. The van der Waals surface area contributed by atoms with Gasteiger partial charge in [-0.2, -0.15) is 11.8 Å². The van der Waals surface area contributed by atoms with Crippen LogP contribution in [-0.4, -0.2) is 60.1 Å². The molecule has 2 aliphatic heterocycles. The first-order valence-corrected chi connectivity index (χ1v) is 12.2. The van der Waals surface area contributed by atoms with Crippen molar-refractivity contribution in [3.8, 4) is 0 Å². The molecule has 8 heteroatoms. The molecule has 2 fully saturated rings. The molecule has 2 rings (SSSR count). The van der Waals surface area contributed by atoms with Crippen LogP contribution in [0.4, 0.5) is 4.79 Å². The molecular weight excluding hydrogens is 402 g/mol. The number of carbonyl (C=O) groups excluding carboxylic acids is 3. The minimum atomic E-state index is -0.329. The molecule has 0 aliphatic carbocycles. The number of ether oxygens (including phenoxy) is 1. The highest BCUT2D eigenvalue weighted by atomic mass is 32.2. The van der Waals surface area contributed by atoms with Gasteiger partial charge in [-0.3, -0.25) is 9.59 Å². The van der Waals surface area contributed by atoms with Crippen LogP contribution >= 0.6 is 11.8 Å². The van der Waals surface area contributed by atoms with Crippen LogP contribution in [0.1, 0.15) is 73.6 Å². The van der Waals surface area contributed by atoms with E-state index in [9.17, 15) is 14.4 Å². The van der Waals surface area contributed by atoms with Gasteiger partial charge in [-0.25, -0.2) is 4.79 Å². The highest BCUT2D eigenvalue weighted by molar-refractivity contribution is 7.99. The zero-order chi connectivity index (χ0) is 22.8. The van der Waals surface area contributed by atoms with Crippen LogP contribution in [0.15, 0.2) is 0 Å². The number of unbranched alkanes of at least 4 members (excludes halogenated alkanes) is 1. The van der Waals surface area contributed by atoms with Gasteiger partial charge in [0.2, 0.25) is 5.91 Å². The van der Waals surface area contributed by atoms with E-state index in [2.05, 4.69) is 22.9 Å². The molecule has 2 aliphatic rings. The summed E-state index contributed by atoms with van der Waals surface area (Å²) >= 11 is 1.89. The second-order valence-electron chi connectivity index (χ2n) is 9.37. The number of ketones is 1. The zero-order valence-electron chi connectivity index (χ0n) is 19.6. The van der Waals surface area contributed by atoms with E-state index in [4.69, 9.17) is 4.74 Å². The molecule has 0 radical (unpaired) electrons. The van der Waals surface area contributed by atoms with Crippen molar-refractivity contribution >= 4 is 29.5 Å². The van der Waals surface area contributed by atoms with Crippen LogP contribution < -0.4 is 16.0 Å². The van der Waals surface area contributed by atoms with Crippen LogP contribution in [0.25, 0.3) is 0 Å². The normalized spacial score (nSPS) is 20.5. The first-order chi connectivity index (χ1) is 14.0. The number of hydrogen-bond acceptors (Lipinski definition) is 5. The van der Waals surface area contributed by atoms with Gasteiger partial charge in [-0.1, -0.05) is 27.2 Å². The lowest BCUT2D eigenvalue weighted by Gasteiger charge is -2.28. The van der Waals surface area contributed by atoms with Gasteiger partial charge >= 0.3 is 6.03 Å². The number of thioether (sulfide) groups is 1. The van der Waals surface area contributed by atoms with Gasteiger partial charge in [-0.05, 0) is 40.0 Å². The fraction of sp³-hybridized carbons (Fsp3) is 0.864. The van der Waals surface area contributed by atoms with Gasteiger partial charge in [0.25, 0.3) is 0 Å². The smallest absolute Gasteiger partial charge is 0.315 e. The Hall–Kier alpha value is -1.28. The number of Topliss-reactive ketones (excluding diaryl/α,β-unsaturated/α-hetero) is 1. The average molecular weight is 444 g/mol. The predicted molar refractivity (Wildman–Crippen MR) is 123 cm³/mol. The van der Waals surface area contributed by atoms with Gasteiger partial charge in [0.1, 0.15) is 5.78 Å². The lowest BCUT2D eigenvalue weighted by atomic mass is 9.86. The molecule has 0 spiro atoms. The molecule has 2 heterocycles. The number of fused-ring (bicyclic) bond motifs is 1. The molecule has 0 aromatic carbocycles. The second-order valence-corrected chi connectivity index (χ2v) is 10.4. The van der Waals surface area contributed by atoms with Crippen molar-refractivity contribution in [2.24, 2.45) is 5.41 Å². The number of urea groups is 1. The lowest BCUT2D eigenvalue weighted by Crippen LogP contribution is -2.34. The second kappa shape index (κ2) is 12.5. The topological polar surface area (TPSA) is 96.5 Å². The van der Waals surface area contributed by atoms with Crippen molar-refractivity contribution in [2.75, 3.05) is 24.7 Å². The Morgan fingerprint density at radius 2 is 1.73 bits per heavy atom. The standard InChI is InChI=1S/C17H33NO3.C5H8N2OS/c1-7-8-9-15(20)18-12-10-17(5,6)21-13-11-16(3,4)14(2)19;8-5-6-3-1-9-2-4(3)7-5/h7-13H2,1-6H3,(H,18,20);3-4H,1-2H2,(H2,6,7,8)/t;3-,4+. The van der Waals surface area contributed by atoms with Crippen LogP contribution in [0.5, 0.6) is 0 Å². The van der Waals surface area contributed by atoms with Crippen LogP contribution in [-0.2, 0) is 14.3 Å². The third-order valence-corrected chi connectivity index (χ3v) is 6.88. The molecule has 2 saturated heterocycles. The monoisotopic (exact) mass is 443 g/mol. The fourth-order valence-corrected chi connectivity index (χ4v) is 4.25. The first kappa shape index (κ1) is 26.8. The molecule has 30 heavy (non-hydrogen) atoms. The van der Waals surface area contributed by atoms with Crippen molar-refractivity contribution in [3.63, 3.8) is 0 Å². The molecule has 2 atom stereocenters. The predicted octanol–water partition coefficient (Wildman–Crippen LogP) is 3.27. The molecular formula is C22H41N3O4S. The maximum Gasteiger partial charge on any atom is 0.315 e. The largest absolute Gasteiger partial charge is 0.375 e. The maximum atomic E-state index is 11.5. The van der Waals surface area contributed by atoms with E-state index in [1.807, 2.05) is 39.5 Å². The van der Waals surface area contributed by atoms with E-state index in [1.165, 1.54) is 0 Å². The third kappa shape index (κ3) is 10.2. The Morgan fingerprint density at radius 1 is 1.13 bits per heavy atom. The summed E-state index contributed by atoms with van der Waals surface area (Å²) in [4.78, 5) is 33.6. The molecule has 0 aromatic rings. The highest BCUT2D eigenvalue weighted by Gasteiger charge is 2.35. The molecule has 0 unspecified atom stereocenters. The Bertz CT molecular complexity index is 567. The molecule has 3 amide bonds. The average Bonchev–Trinajstić information content (AvgIpc) is 3.20. The Kier molecular flexibility index (Phi) is 11.2. The number of rotatable bonds is 11. The molecule has 0 aromatic heterocycles. The SMILES string of the molecule is CCCCC(=O)NCCC(C)(C)OCCC(C)(C)C(C)=O.O=C1N[C@H]2CSC[C@H]2N1. The molecule has 174 valence electrons. The van der Waals surface area contributed by atoms with Crippen molar-refractivity contribution in [2.45, 2.75) is 91.3 Å². The van der Waals surface area contributed by atoms with Gasteiger partial charge in [-0.15, -0.1) is 0 Å². The van der Waals surface area contributed by atoms with Gasteiger partial charge in [0, 0.05) is 36.5 Å². The van der Waals surface area contributed by atoms with Crippen LogP contribution in [0, 0.1) is 5.41 Å². The van der Waals surface area contributed by atoms with E-state index in [-0.39, 0.29) is 28.7 Å². The van der Waals surface area contributed by atoms with Crippen LogP contribution in [0.2, 0.25) is 0 Å². The highest BCUT2D eigenvalue weighted by Crippen LogP contribution is 2.23.